The zero-order valence-corrected chi connectivity index (χ0v) is 13.5. The lowest BCUT2D eigenvalue weighted by Crippen LogP contribution is -2.24. The van der Waals surface area contributed by atoms with E-state index in [2.05, 4.69) is 15.5 Å². The minimum absolute atomic E-state index is 0.0259. The molecule has 0 unspecified atom stereocenters. The molecule has 0 radical (unpaired) electrons. The van der Waals surface area contributed by atoms with Crippen molar-refractivity contribution < 1.29 is 4.79 Å². The molecular weight excluding hydrogens is 290 g/mol. The topological polar surface area (TPSA) is 64.7 Å². The molecule has 0 aliphatic carbocycles. The lowest BCUT2D eigenvalue weighted by atomic mass is 10.3. The zero-order valence-electron chi connectivity index (χ0n) is 12.8. The first-order valence-corrected chi connectivity index (χ1v) is 7.22. The van der Waals surface area contributed by atoms with Crippen molar-refractivity contribution in [2.75, 3.05) is 0 Å². The summed E-state index contributed by atoms with van der Waals surface area (Å²) in [7, 11) is 1.88. The smallest absolute Gasteiger partial charge is 0.222 e. The first-order valence-electron chi connectivity index (χ1n) is 6.84. The van der Waals surface area contributed by atoms with Crippen LogP contribution < -0.4 is 5.32 Å². The van der Waals surface area contributed by atoms with E-state index in [1.54, 1.807) is 9.36 Å². The molecule has 21 heavy (non-hydrogen) atoms. The van der Waals surface area contributed by atoms with Gasteiger partial charge in [-0.1, -0.05) is 11.6 Å². The number of rotatable bonds is 5. The van der Waals surface area contributed by atoms with Crippen molar-refractivity contribution in [3.05, 3.63) is 33.9 Å². The molecule has 114 valence electrons. The van der Waals surface area contributed by atoms with E-state index in [0.29, 0.717) is 24.5 Å². The monoisotopic (exact) mass is 309 g/mol. The van der Waals surface area contributed by atoms with E-state index in [0.717, 1.165) is 22.8 Å². The van der Waals surface area contributed by atoms with Crippen molar-refractivity contribution in [3.8, 4) is 0 Å². The predicted molar refractivity (Wildman–Crippen MR) is 81.1 cm³/mol. The fourth-order valence-corrected chi connectivity index (χ4v) is 2.23. The summed E-state index contributed by atoms with van der Waals surface area (Å²) >= 11 is 6.08. The summed E-state index contributed by atoms with van der Waals surface area (Å²) in [6, 6.07) is 1.96. The van der Waals surface area contributed by atoms with Crippen LogP contribution in [0.2, 0.25) is 5.02 Å². The van der Waals surface area contributed by atoms with Crippen LogP contribution in [0, 0.1) is 20.8 Å². The van der Waals surface area contributed by atoms with E-state index in [9.17, 15) is 4.79 Å². The van der Waals surface area contributed by atoms with Crippen molar-refractivity contribution in [2.45, 2.75) is 40.3 Å². The van der Waals surface area contributed by atoms with Crippen molar-refractivity contribution in [1.29, 1.82) is 0 Å². The average molecular weight is 310 g/mol. The number of aryl methyl sites for hydroxylation is 4. The lowest BCUT2D eigenvalue weighted by Gasteiger charge is -2.05. The Morgan fingerprint density at radius 1 is 1.33 bits per heavy atom. The molecule has 2 heterocycles. The quantitative estimate of drug-likeness (QED) is 0.917. The number of nitrogens with one attached hydrogen (secondary N) is 1. The van der Waals surface area contributed by atoms with Crippen LogP contribution in [-0.4, -0.2) is 25.5 Å². The van der Waals surface area contributed by atoms with Crippen molar-refractivity contribution in [3.63, 3.8) is 0 Å². The Morgan fingerprint density at radius 3 is 2.57 bits per heavy atom. The molecule has 0 saturated heterocycles. The van der Waals surface area contributed by atoms with E-state index in [1.165, 1.54) is 0 Å². The molecule has 0 bridgehead atoms. The second-order valence-electron chi connectivity index (χ2n) is 5.14. The van der Waals surface area contributed by atoms with Crippen LogP contribution in [0.5, 0.6) is 0 Å². The highest BCUT2D eigenvalue weighted by molar-refractivity contribution is 6.31. The highest BCUT2D eigenvalue weighted by Gasteiger charge is 2.10. The van der Waals surface area contributed by atoms with Crippen molar-refractivity contribution in [2.24, 2.45) is 7.05 Å². The van der Waals surface area contributed by atoms with Gasteiger partial charge in [-0.05, 0) is 26.8 Å². The molecule has 1 N–H and O–H groups in total. The van der Waals surface area contributed by atoms with E-state index in [-0.39, 0.29) is 5.91 Å². The molecule has 0 aliphatic heterocycles. The summed E-state index contributed by atoms with van der Waals surface area (Å²) in [6.45, 7) is 6.70. The minimum Gasteiger partial charge on any atom is -0.350 e. The Hall–Kier alpha value is -1.82. The molecule has 0 spiro atoms. The predicted octanol–water partition coefficient (Wildman–Crippen LogP) is 1.90. The maximum absolute atomic E-state index is 11.9. The number of aromatic nitrogens is 4. The normalized spacial score (nSPS) is 10.9. The molecule has 0 aliphatic rings. The second kappa shape index (κ2) is 6.30. The van der Waals surface area contributed by atoms with Gasteiger partial charge in [-0.15, -0.1) is 0 Å². The lowest BCUT2D eigenvalue weighted by molar-refractivity contribution is -0.121. The third-order valence-electron chi connectivity index (χ3n) is 3.47. The molecule has 0 aromatic carbocycles. The number of carbonyl (C=O) groups excluding carboxylic acids is 1. The molecule has 7 heteroatoms. The summed E-state index contributed by atoms with van der Waals surface area (Å²) in [6.07, 6.45) is 0.365. The van der Waals surface area contributed by atoms with Gasteiger partial charge in [0, 0.05) is 19.2 Å². The minimum atomic E-state index is -0.0259. The summed E-state index contributed by atoms with van der Waals surface area (Å²) in [5.41, 5.74) is 3.61. The largest absolute Gasteiger partial charge is 0.350 e. The van der Waals surface area contributed by atoms with Crippen molar-refractivity contribution >= 4 is 17.5 Å². The SMILES string of the molecule is Cc1nn(CCC(=O)NCc2cc(C)n(C)n2)c(C)c1Cl. The molecule has 1 amide bonds. The van der Waals surface area contributed by atoms with Gasteiger partial charge in [-0.2, -0.15) is 10.2 Å². The Bertz CT molecular complexity index is 639. The van der Waals surface area contributed by atoms with Gasteiger partial charge in [0.05, 0.1) is 35.2 Å². The third kappa shape index (κ3) is 3.64. The van der Waals surface area contributed by atoms with Gasteiger partial charge in [0.15, 0.2) is 0 Å². The Morgan fingerprint density at radius 2 is 2.05 bits per heavy atom. The number of halogens is 1. The number of amides is 1. The highest BCUT2D eigenvalue weighted by Crippen LogP contribution is 2.18. The summed E-state index contributed by atoms with van der Waals surface area (Å²) in [4.78, 5) is 11.9. The maximum Gasteiger partial charge on any atom is 0.222 e. The van der Waals surface area contributed by atoms with Crippen LogP contribution in [0.3, 0.4) is 0 Å². The van der Waals surface area contributed by atoms with Gasteiger partial charge in [0.2, 0.25) is 5.91 Å². The fraction of sp³-hybridized carbons (Fsp3) is 0.500. The Labute approximate surface area is 129 Å². The number of nitrogens with zero attached hydrogens (tertiary/aromatic N) is 4. The Balaban J connectivity index is 1.83. The number of hydrogen-bond donors (Lipinski definition) is 1. The van der Waals surface area contributed by atoms with Crippen LogP contribution in [0.4, 0.5) is 0 Å². The van der Waals surface area contributed by atoms with Gasteiger partial charge < -0.3 is 5.32 Å². The molecular formula is C14H20ClN5O. The Kier molecular flexibility index (Phi) is 4.67. The third-order valence-corrected chi connectivity index (χ3v) is 4.02. The van der Waals surface area contributed by atoms with E-state index < -0.39 is 0 Å². The van der Waals surface area contributed by atoms with E-state index in [4.69, 9.17) is 11.6 Å². The molecule has 6 nitrogen and oxygen atoms in total. The summed E-state index contributed by atoms with van der Waals surface area (Å²) in [5, 5.41) is 12.1. The first-order chi connectivity index (χ1) is 9.88. The standard InChI is InChI=1S/C14H20ClN5O/c1-9-7-12(18-19(9)4)8-16-13(21)5-6-20-11(3)14(15)10(2)17-20/h7H,5-6,8H2,1-4H3,(H,16,21). The highest BCUT2D eigenvalue weighted by atomic mass is 35.5. The van der Waals surface area contributed by atoms with Crippen LogP contribution in [0.25, 0.3) is 0 Å². The van der Waals surface area contributed by atoms with Gasteiger partial charge in [0.25, 0.3) is 0 Å². The van der Waals surface area contributed by atoms with Crippen molar-refractivity contribution in [1.82, 2.24) is 24.9 Å². The number of hydrogen-bond acceptors (Lipinski definition) is 3. The molecule has 2 rings (SSSR count). The fourth-order valence-electron chi connectivity index (χ4n) is 2.10. The average Bonchev–Trinajstić information content (AvgIpc) is 2.89. The zero-order chi connectivity index (χ0) is 15.6. The molecule has 0 atom stereocenters. The first kappa shape index (κ1) is 15.6. The summed E-state index contributed by atoms with van der Waals surface area (Å²) in [5.74, 6) is -0.0259. The van der Waals surface area contributed by atoms with E-state index >= 15 is 0 Å². The van der Waals surface area contributed by atoms with Gasteiger partial charge in [-0.3, -0.25) is 14.2 Å². The van der Waals surface area contributed by atoms with Gasteiger partial charge in [-0.25, -0.2) is 0 Å². The van der Waals surface area contributed by atoms with Crippen LogP contribution in [-0.2, 0) is 24.9 Å². The van der Waals surface area contributed by atoms with Crippen LogP contribution in [0.15, 0.2) is 6.07 Å². The van der Waals surface area contributed by atoms with Crippen LogP contribution >= 0.6 is 11.6 Å². The molecule has 0 fully saturated rings. The van der Waals surface area contributed by atoms with E-state index in [1.807, 2.05) is 33.9 Å². The van der Waals surface area contributed by atoms with Crippen LogP contribution in [0.1, 0.15) is 29.2 Å². The number of carbonyl (C=O) groups is 1. The molecule has 2 aromatic rings. The summed E-state index contributed by atoms with van der Waals surface area (Å²) < 4.78 is 3.56. The van der Waals surface area contributed by atoms with Gasteiger partial charge >= 0.3 is 0 Å². The molecule has 0 saturated carbocycles. The molecule has 2 aromatic heterocycles. The maximum atomic E-state index is 11.9. The van der Waals surface area contributed by atoms with Gasteiger partial charge in [0.1, 0.15) is 0 Å². The second-order valence-corrected chi connectivity index (χ2v) is 5.51.